The van der Waals surface area contributed by atoms with Crippen LogP contribution in [0.5, 0.6) is 0 Å². The van der Waals surface area contributed by atoms with Gasteiger partial charge in [-0.2, -0.15) is 0 Å². The molecule has 3 amide bonds. The molecular formula is C18H27ClN4O3. The molecule has 0 aliphatic carbocycles. The van der Waals surface area contributed by atoms with Crippen LogP contribution in [0.1, 0.15) is 13.3 Å². The summed E-state index contributed by atoms with van der Waals surface area (Å²) in [5, 5.41) is 3.12. The molecule has 0 unspecified atom stereocenters. The highest BCUT2D eigenvalue weighted by Gasteiger charge is 2.19. The molecule has 0 radical (unpaired) electrons. The van der Waals surface area contributed by atoms with E-state index in [1.54, 1.807) is 50.3 Å². The number of halogens is 1. The second-order valence-electron chi connectivity index (χ2n) is 6.28. The minimum absolute atomic E-state index is 0.0645. The lowest BCUT2D eigenvalue weighted by Gasteiger charge is -2.25. The highest BCUT2D eigenvalue weighted by molar-refractivity contribution is 6.33. The smallest absolute Gasteiger partial charge is 0.244 e. The Kier molecular flexibility index (Phi) is 9.09. The van der Waals surface area contributed by atoms with Crippen LogP contribution in [0.3, 0.4) is 0 Å². The van der Waals surface area contributed by atoms with E-state index in [1.165, 1.54) is 9.80 Å². The molecule has 0 aromatic heterocycles. The second-order valence-corrected chi connectivity index (χ2v) is 6.68. The SMILES string of the molecule is CCCN(CC(=O)N(C)C)CC(=O)N(C)CC(=O)Nc1ccccc1Cl. The van der Waals surface area contributed by atoms with Crippen LogP contribution in [0, 0.1) is 0 Å². The van der Waals surface area contributed by atoms with Gasteiger partial charge in [0.15, 0.2) is 0 Å². The lowest BCUT2D eigenvalue weighted by molar-refractivity contribution is -0.136. The number of benzene rings is 1. The highest BCUT2D eigenvalue weighted by Crippen LogP contribution is 2.20. The average Bonchev–Trinajstić information content (AvgIpc) is 2.56. The fraction of sp³-hybridized carbons (Fsp3) is 0.500. The topological polar surface area (TPSA) is 73.0 Å². The third-order valence-electron chi connectivity index (χ3n) is 3.71. The Morgan fingerprint density at radius 3 is 2.19 bits per heavy atom. The number of carbonyl (C=O) groups excluding carboxylic acids is 3. The van der Waals surface area contributed by atoms with Gasteiger partial charge in [-0.1, -0.05) is 30.7 Å². The molecule has 7 nitrogen and oxygen atoms in total. The molecule has 1 aromatic carbocycles. The Morgan fingerprint density at radius 1 is 1.00 bits per heavy atom. The van der Waals surface area contributed by atoms with Crippen molar-refractivity contribution in [2.75, 3.05) is 52.6 Å². The number of nitrogens with one attached hydrogen (secondary N) is 1. The van der Waals surface area contributed by atoms with Crippen LogP contribution in [0.15, 0.2) is 24.3 Å². The summed E-state index contributed by atoms with van der Waals surface area (Å²) in [7, 11) is 4.92. The average molecular weight is 383 g/mol. The van der Waals surface area contributed by atoms with E-state index in [1.807, 2.05) is 6.92 Å². The molecule has 0 bridgehead atoms. The predicted molar refractivity (Wildman–Crippen MR) is 103 cm³/mol. The van der Waals surface area contributed by atoms with Crippen molar-refractivity contribution in [3.63, 3.8) is 0 Å². The third-order valence-corrected chi connectivity index (χ3v) is 4.04. The summed E-state index contributed by atoms with van der Waals surface area (Å²) in [5.74, 6) is -0.620. The highest BCUT2D eigenvalue weighted by atomic mass is 35.5. The Hall–Kier alpha value is -2.12. The molecule has 0 saturated carbocycles. The van der Waals surface area contributed by atoms with Gasteiger partial charge in [-0.3, -0.25) is 19.3 Å². The van der Waals surface area contributed by atoms with Crippen molar-refractivity contribution >= 4 is 35.0 Å². The first kappa shape index (κ1) is 21.9. The quantitative estimate of drug-likeness (QED) is 0.703. The fourth-order valence-electron chi connectivity index (χ4n) is 2.23. The number of hydrogen-bond acceptors (Lipinski definition) is 4. The number of amides is 3. The summed E-state index contributed by atoms with van der Waals surface area (Å²) >= 11 is 6.01. The van der Waals surface area contributed by atoms with Crippen LogP contribution in [-0.2, 0) is 14.4 Å². The van der Waals surface area contributed by atoms with Gasteiger partial charge in [0.1, 0.15) is 0 Å². The van der Waals surface area contributed by atoms with E-state index in [0.717, 1.165) is 6.42 Å². The van der Waals surface area contributed by atoms with Gasteiger partial charge in [-0.15, -0.1) is 0 Å². The van der Waals surface area contributed by atoms with E-state index in [2.05, 4.69) is 5.32 Å². The van der Waals surface area contributed by atoms with Crippen LogP contribution in [-0.4, -0.2) is 79.7 Å². The number of anilines is 1. The zero-order valence-electron chi connectivity index (χ0n) is 15.8. The number of rotatable bonds is 9. The molecule has 0 saturated heterocycles. The third kappa shape index (κ3) is 7.41. The Labute approximate surface area is 159 Å². The molecule has 0 atom stereocenters. The minimum Gasteiger partial charge on any atom is -0.348 e. The molecule has 0 fully saturated rings. The predicted octanol–water partition coefficient (Wildman–Crippen LogP) is 1.54. The van der Waals surface area contributed by atoms with Crippen molar-refractivity contribution in [3.8, 4) is 0 Å². The fourth-order valence-corrected chi connectivity index (χ4v) is 2.41. The molecule has 144 valence electrons. The standard InChI is InChI=1S/C18H27ClN4O3/c1-5-10-23(12-17(25)21(2)3)13-18(26)22(4)11-16(24)20-15-9-7-6-8-14(15)19/h6-9H,5,10-13H2,1-4H3,(H,20,24). The maximum Gasteiger partial charge on any atom is 0.244 e. The summed E-state index contributed by atoms with van der Waals surface area (Å²) in [6.07, 6.45) is 0.824. The molecular weight excluding hydrogens is 356 g/mol. The Morgan fingerprint density at radius 2 is 1.62 bits per heavy atom. The van der Waals surface area contributed by atoms with E-state index in [4.69, 9.17) is 11.6 Å². The summed E-state index contributed by atoms with van der Waals surface area (Å²) in [6.45, 7) is 2.78. The minimum atomic E-state index is -0.333. The van der Waals surface area contributed by atoms with Gasteiger partial charge >= 0.3 is 0 Å². The van der Waals surface area contributed by atoms with Gasteiger partial charge in [0.2, 0.25) is 17.7 Å². The van der Waals surface area contributed by atoms with E-state index in [0.29, 0.717) is 17.3 Å². The van der Waals surface area contributed by atoms with Gasteiger partial charge in [0.25, 0.3) is 0 Å². The molecule has 0 aliphatic heterocycles. The number of carbonyl (C=O) groups is 3. The Bertz CT molecular complexity index is 637. The normalized spacial score (nSPS) is 10.5. The van der Waals surface area contributed by atoms with Gasteiger partial charge in [0, 0.05) is 21.1 Å². The lowest BCUT2D eigenvalue weighted by atomic mass is 10.3. The first-order valence-electron chi connectivity index (χ1n) is 8.45. The second kappa shape index (κ2) is 10.8. The maximum atomic E-state index is 12.4. The van der Waals surface area contributed by atoms with Crippen LogP contribution in [0.25, 0.3) is 0 Å². The van der Waals surface area contributed by atoms with Crippen molar-refractivity contribution in [1.29, 1.82) is 0 Å². The van der Waals surface area contributed by atoms with Crippen LogP contribution in [0.2, 0.25) is 5.02 Å². The molecule has 1 rings (SSSR count). The van der Waals surface area contributed by atoms with Crippen LogP contribution < -0.4 is 5.32 Å². The number of hydrogen-bond donors (Lipinski definition) is 1. The van der Waals surface area contributed by atoms with Crippen molar-refractivity contribution in [2.24, 2.45) is 0 Å². The molecule has 0 spiro atoms. The molecule has 0 heterocycles. The number of nitrogens with zero attached hydrogens (tertiary/aromatic N) is 3. The summed E-state index contributed by atoms with van der Waals surface area (Å²) < 4.78 is 0. The van der Waals surface area contributed by atoms with Gasteiger partial charge < -0.3 is 15.1 Å². The van der Waals surface area contributed by atoms with Crippen LogP contribution in [0.4, 0.5) is 5.69 Å². The van der Waals surface area contributed by atoms with E-state index in [-0.39, 0.29) is 37.4 Å². The van der Waals surface area contributed by atoms with Gasteiger partial charge in [-0.25, -0.2) is 0 Å². The Balaban J connectivity index is 2.57. The molecule has 0 aliphatic rings. The van der Waals surface area contributed by atoms with Crippen molar-refractivity contribution < 1.29 is 14.4 Å². The van der Waals surface area contributed by atoms with Gasteiger partial charge in [-0.05, 0) is 25.1 Å². The summed E-state index contributed by atoms with van der Waals surface area (Å²) in [6, 6.07) is 6.90. The first-order valence-corrected chi connectivity index (χ1v) is 8.83. The van der Waals surface area contributed by atoms with Gasteiger partial charge in [0.05, 0.1) is 30.3 Å². The van der Waals surface area contributed by atoms with Crippen LogP contribution >= 0.6 is 11.6 Å². The first-order chi connectivity index (χ1) is 12.2. The lowest BCUT2D eigenvalue weighted by Crippen LogP contribution is -2.45. The summed E-state index contributed by atoms with van der Waals surface area (Å²) in [5.41, 5.74) is 0.504. The van der Waals surface area contributed by atoms with Crippen molar-refractivity contribution in [3.05, 3.63) is 29.3 Å². The number of para-hydroxylation sites is 1. The zero-order chi connectivity index (χ0) is 19.7. The largest absolute Gasteiger partial charge is 0.348 e. The van der Waals surface area contributed by atoms with Crippen molar-refractivity contribution in [2.45, 2.75) is 13.3 Å². The molecule has 8 heteroatoms. The molecule has 26 heavy (non-hydrogen) atoms. The number of likely N-dealkylation sites (N-methyl/N-ethyl adjacent to an activating group) is 2. The van der Waals surface area contributed by atoms with Crippen molar-refractivity contribution in [1.82, 2.24) is 14.7 Å². The zero-order valence-corrected chi connectivity index (χ0v) is 16.5. The monoisotopic (exact) mass is 382 g/mol. The van der Waals surface area contributed by atoms with E-state index < -0.39 is 0 Å². The maximum absolute atomic E-state index is 12.4. The summed E-state index contributed by atoms with van der Waals surface area (Å²) in [4.78, 5) is 41.0. The van der Waals surface area contributed by atoms with E-state index >= 15 is 0 Å². The molecule has 1 N–H and O–H groups in total. The molecule has 1 aromatic rings. The van der Waals surface area contributed by atoms with E-state index in [9.17, 15) is 14.4 Å².